The van der Waals surface area contributed by atoms with Crippen LogP contribution in [0.1, 0.15) is 5.56 Å². The topological polar surface area (TPSA) is 65.1 Å². The molecule has 2 aromatic carbocycles. The van der Waals surface area contributed by atoms with Gasteiger partial charge in [-0.1, -0.05) is 17.7 Å². The predicted molar refractivity (Wildman–Crippen MR) is 99.0 cm³/mol. The van der Waals surface area contributed by atoms with Crippen molar-refractivity contribution in [3.63, 3.8) is 0 Å². The highest BCUT2D eigenvalue weighted by atomic mass is 35.5. The molecule has 2 aliphatic heterocycles. The summed E-state index contributed by atoms with van der Waals surface area (Å²) in [5.41, 5.74) is 1.05. The summed E-state index contributed by atoms with van der Waals surface area (Å²) >= 11 is 6.82. The van der Waals surface area contributed by atoms with Crippen molar-refractivity contribution in [3.05, 3.63) is 51.9 Å². The number of anilines is 1. The summed E-state index contributed by atoms with van der Waals surface area (Å²) in [5.74, 6) is 1.24. The number of imide groups is 1. The van der Waals surface area contributed by atoms with Crippen molar-refractivity contribution in [3.8, 4) is 17.2 Å². The van der Waals surface area contributed by atoms with Crippen molar-refractivity contribution in [1.82, 2.24) is 0 Å². The normalized spacial score (nSPS) is 17.3. The molecule has 0 bridgehead atoms. The number of methoxy groups -OCH3 is 1. The Hall–Kier alpha value is -2.64. The van der Waals surface area contributed by atoms with E-state index in [0.29, 0.717) is 33.5 Å². The van der Waals surface area contributed by atoms with E-state index in [4.69, 9.17) is 25.8 Å². The van der Waals surface area contributed by atoms with Gasteiger partial charge in [0.15, 0.2) is 11.5 Å². The van der Waals surface area contributed by atoms with E-state index in [0.717, 1.165) is 16.7 Å². The van der Waals surface area contributed by atoms with Gasteiger partial charge < -0.3 is 14.2 Å². The maximum absolute atomic E-state index is 12.7. The largest absolute Gasteiger partial charge is 0.496 e. The zero-order valence-electron chi connectivity index (χ0n) is 13.5. The van der Waals surface area contributed by atoms with E-state index in [9.17, 15) is 9.59 Å². The molecule has 0 atom stereocenters. The second-order valence-electron chi connectivity index (χ2n) is 5.44. The van der Waals surface area contributed by atoms with Gasteiger partial charge >= 0.3 is 0 Å². The van der Waals surface area contributed by atoms with Gasteiger partial charge in [0.2, 0.25) is 6.79 Å². The van der Waals surface area contributed by atoms with Crippen molar-refractivity contribution in [2.45, 2.75) is 0 Å². The molecule has 0 aliphatic carbocycles. The van der Waals surface area contributed by atoms with Crippen LogP contribution in [0.3, 0.4) is 0 Å². The highest BCUT2D eigenvalue weighted by Crippen LogP contribution is 2.41. The fourth-order valence-electron chi connectivity index (χ4n) is 2.68. The third-order valence-corrected chi connectivity index (χ3v) is 4.98. The summed E-state index contributed by atoms with van der Waals surface area (Å²) < 4.78 is 16.0. The molecular weight excluding hydrogens is 378 g/mol. The lowest BCUT2D eigenvalue weighted by molar-refractivity contribution is -0.113. The van der Waals surface area contributed by atoms with Gasteiger partial charge in [0.25, 0.3) is 11.1 Å². The zero-order chi connectivity index (χ0) is 18.3. The maximum Gasteiger partial charge on any atom is 0.298 e. The van der Waals surface area contributed by atoms with Gasteiger partial charge in [0.05, 0.1) is 17.7 Å². The average molecular weight is 390 g/mol. The number of benzene rings is 2. The molecule has 132 valence electrons. The number of hydrogen-bond donors (Lipinski definition) is 0. The van der Waals surface area contributed by atoms with E-state index >= 15 is 0 Å². The summed E-state index contributed by atoms with van der Waals surface area (Å²) in [4.78, 5) is 26.5. The van der Waals surface area contributed by atoms with Crippen LogP contribution < -0.4 is 19.1 Å². The van der Waals surface area contributed by atoms with Crippen LogP contribution in [0.15, 0.2) is 41.3 Å². The third kappa shape index (κ3) is 2.89. The number of nitrogens with zero attached hydrogens (tertiary/aromatic N) is 1. The molecule has 0 spiro atoms. The molecule has 0 N–H and O–H groups in total. The van der Waals surface area contributed by atoms with Gasteiger partial charge in [-0.05, 0) is 42.1 Å². The summed E-state index contributed by atoms with van der Waals surface area (Å²) in [5, 5.41) is 0.0613. The van der Waals surface area contributed by atoms with Crippen LogP contribution in [0.5, 0.6) is 17.2 Å². The molecule has 2 aromatic rings. The smallest absolute Gasteiger partial charge is 0.298 e. The first kappa shape index (κ1) is 16.8. The lowest BCUT2D eigenvalue weighted by Crippen LogP contribution is -2.27. The van der Waals surface area contributed by atoms with Crippen molar-refractivity contribution >= 4 is 46.3 Å². The molecular formula is C18H12ClNO5S. The Morgan fingerprint density at radius 2 is 1.96 bits per heavy atom. The summed E-state index contributed by atoms with van der Waals surface area (Å²) in [7, 11) is 1.52. The second-order valence-corrected chi connectivity index (χ2v) is 6.87. The number of halogens is 1. The summed E-state index contributed by atoms with van der Waals surface area (Å²) in [6.07, 6.45) is 1.61. The number of carbonyl (C=O) groups is 2. The Morgan fingerprint density at radius 3 is 2.69 bits per heavy atom. The second kappa shape index (κ2) is 6.59. The van der Waals surface area contributed by atoms with E-state index in [2.05, 4.69) is 0 Å². The lowest BCUT2D eigenvalue weighted by Gasteiger charge is -2.12. The minimum absolute atomic E-state index is 0.132. The average Bonchev–Trinajstić information content (AvgIpc) is 3.18. The van der Waals surface area contributed by atoms with Crippen LogP contribution in [0.4, 0.5) is 10.5 Å². The molecule has 0 saturated carbocycles. The highest BCUT2D eigenvalue weighted by Gasteiger charge is 2.36. The van der Waals surface area contributed by atoms with Crippen LogP contribution in [0, 0.1) is 0 Å². The van der Waals surface area contributed by atoms with Crippen molar-refractivity contribution < 1.29 is 23.8 Å². The number of rotatable bonds is 3. The Bertz CT molecular complexity index is 959. The van der Waals surface area contributed by atoms with Crippen molar-refractivity contribution in [1.29, 1.82) is 0 Å². The number of thioether (sulfide) groups is 1. The van der Waals surface area contributed by atoms with Crippen LogP contribution in [-0.4, -0.2) is 25.0 Å². The Morgan fingerprint density at radius 1 is 1.19 bits per heavy atom. The minimum Gasteiger partial charge on any atom is -0.496 e. The molecule has 0 aromatic heterocycles. The quantitative estimate of drug-likeness (QED) is 0.728. The number of hydrogen-bond acceptors (Lipinski definition) is 6. The molecule has 26 heavy (non-hydrogen) atoms. The molecule has 1 fully saturated rings. The number of carbonyl (C=O) groups excluding carboxylic acids is 2. The Kier molecular flexibility index (Phi) is 4.26. The van der Waals surface area contributed by atoms with Crippen molar-refractivity contribution in [2.24, 2.45) is 0 Å². The van der Waals surface area contributed by atoms with Crippen LogP contribution in [0.25, 0.3) is 6.08 Å². The van der Waals surface area contributed by atoms with Gasteiger partial charge in [-0.15, -0.1) is 0 Å². The Labute approximate surface area is 158 Å². The molecule has 2 heterocycles. The standard InChI is InChI=1S/C18H12ClNO5S/c1-23-13-8-15-14(24-9-25-15)5-10(13)6-16-17(21)20(18(22)26-16)12-4-2-3-11(19)7-12/h2-8H,9H2,1H3. The molecule has 0 unspecified atom stereocenters. The van der Waals surface area contributed by atoms with Gasteiger partial charge in [0.1, 0.15) is 5.75 Å². The van der Waals surface area contributed by atoms with Crippen molar-refractivity contribution in [2.75, 3.05) is 18.8 Å². The summed E-state index contributed by atoms with van der Waals surface area (Å²) in [6, 6.07) is 10.0. The van der Waals surface area contributed by atoms with Crippen LogP contribution in [0.2, 0.25) is 5.02 Å². The number of amides is 2. The fourth-order valence-corrected chi connectivity index (χ4v) is 3.69. The first-order valence-electron chi connectivity index (χ1n) is 7.58. The first-order valence-corrected chi connectivity index (χ1v) is 8.77. The molecule has 1 saturated heterocycles. The number of ether oxygens (including phenoxy) is 3. The van der Waals surface area contributed by atoms with E-state index in [-0.39, 0.29) is 16.9 Å². The monoisotopic (exact) mass is 389 g/mol. The Balaban J connectivity index is 1.71. The van der Waals surface area contributed by atoms with Crippen LogP contribution in [-0.2, 0) is 4.79 Å². The maximum atomic E-state index is 12.7. The van der Waals surface area contributed by atoms with Crippen LogP contribution >= 0.6 is 23.4 Å². The molecule has 2 aliphatic rings. The fraction of sp³-hybridized carbons (Fsp3) is 0.111. The number of fused-ring (bicyclic) bond motifs is 1. The minimum atomic E-state index is -0.415. The van der Waals surface area contributed by atoms with E-state index < -0.39 is 5.91 Å². The molecule has 2 amide bonds. The predicted octanol–water partition coefficient (Wildman–Crippen LogP) is 4.32. The zero-order valence-corrected chi connectivity index (χ0v) is 15.1. The van der Waals surface area contributed by atoms with E-state index in [1.165, 1.54) is 7.11 Å². The third-order valence-electron chi connectivity index (χ3n) is 3.87. The summed E-state index contributed by atoms with van der Waals surface area (Å²) in [6.45, 7) is 0.132. The van der Waals surface area contributed by atoms with E-state index in [1.54, 1.807) is 42.5 Å². The van der Waals surface area contributed by atoms with Gasteiger partial charge in [0, 0.05) is 16.7 Å². The first-order chi connectivity index (χ1) is 12.6. The lowest BCUT2D eigenvalue weighted by atomic mass is 10.1. The van der Waals surface area contributed by atoms with Gasteiger partial charge in [-0.3, -0.25) is 9.59 Å². The molecule has 0 radical (unpaired) electrons. The van der Waals surface area contributed by atoms with E-state index in [1.807, 2.05) is 0 Å². The molecule has 8 heteroatoms. The molecule has 6 nitrogen and oxygen atoms in total. The highest BCUT2D eigenvalue weighted by molar-refractivity contribution is 8.19. The SMILES string of the molecule is COc1cc2c(cc1C=C1SC(=O)N(c3cccc(Cl)c3)C1=O)OCO2. The molecule has 4 rings (SSSR count). The van der Waals surface area contributed by atoms with Gasteiger partial charge in [-0.2, -0.15) is 0 Å². The van der Waals surface area contributed by atoms with Gasteiger partial charge in [-0.25, -0.2) is 4.90 Å².